The highest BCUT2D eigenvalue weighted by Gasteiger charge is 2.58. The number of nitro groups is 1. The van der Waals surface area contributed by atoms with Crippen LogP contribution in [-0.2, 0) is 0 Å². The number of hydrogen-bond acceptors (Lipinski definition) is 2. The van der Waals surface area contributed by atoms with Crippen LogP contribution in [0.25, 0.3) is 0 Å². The van der Waals surface area contributed by atoms with E-state index in [1.807, 2.05) is 0 Å². The third-order valence-corrected chi connectivity index (χ3v) is 4.31. The first-order valence-corrected chi connectivity index (χ1v) is 4.75. The Kier molecular flexibility index (Phi) is 1.50. The molecule has 0 spiro atoms. The highest BCUT2D eigenvalue weighted by molar-refractivity contribution is 9.10. The van der Waals surface area contributed by atoms with Crippen LogP contribution in [0.15, 0.2) is 0 Å². The monoisotopic (exact) mass is 219 g/mol. The van der Waals surface area contributed by atoms with Crippen molar-refractivity contribution in [1.82, 2.24) is 0 Å². The Bertz CT molecular complexity index is 209. The van der Waals surface area contributed by atoms with Gasteiger partial charge in [0, 0.05) is 33.2 Å². The SMILES string of the molecule is O=[N+]([O-])C1(Br)C[C@@H]2CC[C@H]1C2. The minimum Gasteiger partial charge on any atom is -0.263 e. The second-order valence-corrected chi connectivity index (χ2v) is 5.03. The van der Waals surface area contributed by atoms with Crippen molar-refractivity contribution < 1.29 is 4.92 Å². The van der Waals surface area contributed by atoms with Gasteiger partial charge in [0.25, 0.3) is 4.45 Å². The molecule has 0 amide bonds. The Morgan fingerprint density at radius 1 is 1.55 bits per heavy atom. The Morgan fingerprint density at radius 2 is 2.27 bits per heavy atom. The number of halogens is 1. The van der Waals surface area contributed by atoms with Crippen molar-refractivity contribution in [2.24, 2.45) is 11.8 Å². The lowest BCUT2D eigenvalue weighted by molar-refractivity contribution is -0.544. The molecule has 1 unspecified atom stereocenters. The van der Waals surface area contributed by atoms with Crippen molar-refractivity contribution in [2.45, 2.75) is 30.1 Å². The second kappa shape index (κ2) is 2.19. The Hall–Kier alpha value is -0.120. The lowest BCUT2D eigenvalue weighted by Gasteiger charge is -2.22. The standard InChI is InChI=1S/C7H10BrNO2/c8-7(9(10)11)4-5-1-2-6(7)3-5/h5-6H,1-4H2/t5-,6+,7?/m1/s1. The summed E-state index contributed by atoms with van der Waals surface area (Å²) in [5, 5.41) is 10.7. The molecule has 2 fully saturated rings. The first-order valence-electron chi connectivity index (χ1n) is 3.96. The Morgan fingerprint density at radius 3 is 2.55 bits per heavy atom. The van der Waals surface area contributed by atoms with Gasteiger partial charge in [0.2, 0.25) is 0 Å². The summed E-state index contributed by atoms with van der Waals surface area (Å²) < 4.78 is -0.754. The fourth-order valence-electron chi connectivity index (χ4n) is 2.46. The number of fused-ring (bicyclic) bond motifs is 2. The summed E-state index contributed by atoms with van der Waals surface area (Å²) in [4.78, 5) is 10.5. The molecule has 2 rings (SSSR count). The minimum absolute atomic E-state index is 0.142. The summed E-state index contributed by atoms with van der Waals surface area (Å²) in [7, 11) is 0. The van der Waals surface area contributed by atoms with E-state index >= 15 is 0 Å². The van der Waals surface area contributed by atoms with Crippen LogP contribution in [0.5, 0.6) is 0 Å². The van der Waals surface area contributed by atoms with Crippen molar-refractivity contribution in [2.75, 3.05) is 0 Å². The van der Waals surface area contributed by atoms with Gasteiger partial charge in [0.05, 0.1) is 0 Å². The maximum absolute atomic E-state index is 10.7. The van der Waals surface area contributed by atoms with Gasteiger partial charge in [-0.3, -0.25) is 10.1 Å². The van der Waals surface area contributed by atoms with E-state index in [1.165, 1.54) is 6.42 Å². The summed E-state index contributed by atoms with van der Waals surface area (Å²) in [5.41, 5.74) is 0. The Labute approximate surface area is 73.4 Å². The average molecular weight is 220 g/mol. The summed E-state index contributed by atoms with van der Waals surface area (Å²) in [5.74, 6) is 0.910. The van der Waals surface area contributed by atoms with Crippen LogP contribution in [-0.4, -0.2) is 9.37 Å². The molecule has 0 heterocycles. The number of hydrogen-bond donors (Lipinski definition) is 0. The highest BCUT2D eigenvalue weighted by atomic mass is 79.9. The fourth-order valence-corrected chi connectivity index (χ4v) is 3.33. The molecule has 0 aromatic heterocycles. The van der Waals surface area contributed by atoms with Gasteiger partial charge in [-0.2, -0.15) is 0 Å². The van der Waals surface area contributed by atoms with Gasteiger partial charge in [-0.15, -0.1) is 0 Å². The summed E-state index contributed by atoms with van der Waals surface area (Å²) in [6.07, 6.45) is 4.04. The lowest BCUT2D eigenvalue weighted by Crippen LogP contribution is -2.36. The number of alkyl halides is 1. The van der Waals surface area contributed by atoms with E-state index < -0.39 is 4.45 Å². The van der Waals surface area contributed by atoms with Crippen molar-refractivity contribution in [3.05, 3.63) is 10.1 Å². The van der Waals surface area contributed by atoms with E-state index in [0.717, 1.165) is 19.3 Å². The van der Waals surface area contributed by atoms with E-state index in [-0.39, 0.29) is 4.92 Å². The van der Waals surface area contributed by atoms with Crippen molar-refractivity contribution in [3.8, 4) is 0 Å². The molecule has 0 aromatic carbocycles. The van der Waals surface area contributed by atoms with Gasteiger partial charge in [-0.1, -0.05) is 0 Å². The highest BCUT2D eigenvalue weighted by Crippen LogP contribution is 2.55. The molecule has 2 bridgehead atoms. The van der Waals surface area contributed by atoms with E-state index in [2.05, 4.69) is 15.9 Å². The van der Waals surface area contributed by atoms with Crippen LogP contribution in [0, 0.1) is 22.0 Å². The van der Waals surface area contributed by atoms with Crippen LogP contribution < -0.4 is 0 Å². The van der Waals surface area contributed by atoms with Gasteiger partial charge >= 0.3 is 0 Å². The zero-order chi connectivity index (χ0) is 8.06. The van der Waals surface area contributed by atoms with Crippen molar-refractivity contribution in [1.29, 1.82) is 0 Å². The fraction of sp³-hybridized carbons (Fsp3) is 1.00. The number of nitrogens with zero attached hydrogens (tertiary/aromatic N) is 1. The summed E-state index contributed by atoms with van der Waals surface area (Å²) >= 11 is 3.27. The van der Waals surface area contributed by atoms with Crippen LogP contribution >= 0.6 is 15.9 Å². The molecule has 2 saturated carbocycles. The largest absolute Gasteiger partial charge is 0.277 e. The third kappa shape index (κ3) is 0.916. The molecule has 11 heavy (non-hydrogen) atoms. The normalized spacial score (nSPS) is 48.1. The zero-order valence-corrected chi connectivity index (χ0v) is 7.71. The molecule has 3 atom stereocenters. The van der Waals surface area contributed by atoms with Crippen LogP contribution in [0.1, 0.15) is 25.7 Å². The average Bonchev–Trinajstić information content (AvgIpc) is 2.45. The maximum Gasteiger partial charge on any atom is 0.277 e. The molecule has 0 aliphatic heterocycles. The van der Waals surface area contributed by atoms with Crippen LogP contribution in [0.2, 0.25) is 0 Å². The minimum atomic E-state index is -0.754. The molecule has 3 nitrogen and oxygen atoms in total. The number of rotatable bonds is 1. The molecule has 2 aliphatic rings. The molecule has 4 heteroatoms. The summed E-state index contributed by atoms with van der Waals surface area (Å²) in [6, 6.07) is 0. The molecular weight excluding hydrogens is 210 g/mol. The molecular formula is C7H10BrNO2. The first kappa shape index (κ1) is 7.53. The predicted octanol–water partition coefficient (Wildman–Crippen LogP) is 2.17. The van der Waals surface area contributed by atoms with Gasteiger partial charge in [-0.05, 0) is 25.2 Å². The molecule has 0 radical (unpaired) electrons. The van der Waals surface area contributed by atoms with Crippen LogP contribution in [0.4, 0.5) is 0 Å². The Balaban J connectivity index is 2.23. The van der Waals surface area contributed by atoms with Gasteiger partial charge in [0.1, 0.15) is 0 Å². The third-order valence-electron chi connectivity index (χ3n) is 3.05. The molecule has 2 aliphatic carbocycles. The lowest BCUT2D eigenvalue weighted by atomic mass is 9.96. The topological polar surface area (TPSA) is 43.1 Å². The smallest absolute Gasteiger partial charge is 0.263 e. The van der Waals surface area contributed by atoms with Gasteiger partial charge in [-0.25, -0.2) is 0 Å². The van der Waals surface area contributed by atoms with Gasteiger partial charge in [0.15, 0.2) is 0 Å². The van der Waals surface area contributed by atoms with Gasteiger partial charge < -0.3 is 0 Å². The predicted molar refractivity (Wildman–Crippen MR) is 44.1 cm³/mol. The second-order valence-electron chi connectivity index (χ2n) is 3.66. The van der Waals surface area contributed by atoms with Crippen molar-refractivity contribution >= 4 is 15.9 Å². The van der Waals surface area contributed by atoms with E-state index in [1.54, 1.807) is 0 Å². The molecule has 62 valence electrons. The molecule has 0 aromatic rings. The van der Waals surface area contributed by atoms with Crippen LogP contribution in [0.3, 0.4) is 0 Å². The zero-order valence-electron chi connectivity index (χ0n) is 6.12. The first-order chi connectivity index (χ1) is 5.13. The molecule has 0 N–H and O–H groups in total. The van der Waals surface area contributed by atoms with E-state index in [0.29, 0.717) is 11.8 Å². The van der Waals surface area contributed by atoms with Crippen molar-refractivity contribution in [3.63, 3.8) is 0 Å². The quantitative estimate of drug-likeness (QED) is 0.294. The van der Waals surface area contributed by atoms with E-state index in [4.69, 9.17) is 0 Å². The molecule has 0 saturated heterocycles. The summed E-state index contributed by atoms with van der Waals surface area (Å²) in [6.45, 7) is 0. The maximum atomic E-state index is 10.7. The van der Waals surface area contributed by atoms with E-state index in [9.17, 15) is 10.1 Å².